The normalized spacial score (nSPS) is 25.9. The van der Waals surface area contributed by atoms with Crippen LogP contribution in [0.15, 0.2) is 6.07 Å². The van der Waals surface area contributed by atoms with E-state index < -0.39 is 0 Å². The highest BCUT2D eigenvalue weighted by molar-refractivity contribution is 5.37. The number of nitrogens with one attached hydrogen (secondary N) is 1. The molecular formula is C15H24N4O. The number of ether oxygens (including phenoxy) is 1. The van der Waals surface area contributed by atoms with Gasteiger partial charge in [-0.2, -0.15) is 4.98 Å². The molecule has 5 heteroatoms. The SMILES string of the molecule is Cc1cc(OC(C)C)nc(N2C[C@@H]3CCCN[C@@H]3C2)n1. The molecule has 0 radical (unpaired) electrons. The van der Waals surface area contributed by atoms with Crippen LogP contribution in [0.2, 0.25) is 0 Å². The molecule has 1 N–H and O–H groups in total. The van der Waals surface area contributed by atoms with Gasteiger partial charge in [0.05, 0.1) is 6.10 Å². The summed E-state index contributed by atoms with van der Waals surface area (Å²) in [6.07, 6.45) is 2.74. The van der Waals surface area contributed by atoms with Crippen LogP contribution < -0.4 is 15.0 Å². The fraction of sp³-hybridized carbons (Fsp3) is 0.733. The second-order valence-electron chi connectivity index (χ2n) is 6.18. The minimum absolute atomic E-state index is 0.139. The van der Waals surface area contributed by atoms with Crippen LogP contribution in [0.4, 0.5) is 5.95 Å². The van der Waals surface area contributed by atoms with Gasteiger partial charge in [0.15, 0.2) is 0 Å². The van der Waals surface area contributed by atoms with Gasteiger partial charge in [-0.05, 0) is 46.1 Å². The van der Waals surface area contributed by atoms with E-state index in [9.17, 15) is 0 Å². The number of aromatic nitrogens is 2. The number of aryl methyl sites for hydroxylation is 1. The molecule has 2 aliphatic heterocycles. The number of hydrogen-bond acceptors (Lipinski definition) is 5. The van der Waals surface area contributed by atoms with E-state index in [0.29, 0.717) is 11.9 Å². The highest BCUT2D eigenvalue weighted by Gasteiger charge is 2.35. The predicted octanol–water partition coefficient (Wildman–Crippen LogP) is 1.76. The minimum Gasteiger partial charge on any atom is -0.475 e. The van der Waals surface area contributed by atoms with Gasteiger partial charge in [-0.25, -0.2) is 4.98 Å². The highest BCUT2D eigenvalue weighted by atomic mass is 16.5. The molecule has 2 fully saturated rings. The molecule has 110 valence electrons. The second-order valence-corrected chi connectivity index (χ2v) is 6.18. The van der Waals surface area contributed by atoms with E-state index in [1.54, 1.807) is 0 Å². The van der Waals surface area contributed by atoms with Crippen LogP contribution in [0.1, 0.15) is 32.4 Å². The van der Waals surface area contributed by atoms with Crippen molar-refractivity contribution in [2.45, 2.75) is 45.8 Å². The largest absolute Gasteiger partial charge is 0.475 e. The summed E-state index contributed by atoms with van der Waals surface area (Å²) in [5.41, 5.74) is 0.966. The van der Waals surface area contributed by atoms with Gasteiger partial charge in [0.1, 0.15) is 0 Å². The van der Waals surface area contributed by atoms with Gasteiger partial charge in [-0.3, -0.25) is 0 Å². The van der Waals surface area contributed by atoms with E-state index in [-0.39, 0.29) is 6.10 Å². The summed E-state index contributed by atoms with van der Waals surface area (Å²) in [4.78, 5) is 11.5. The maximum atomic E-state index is 5.72. The second kappa shape index (κ2) is 5.56. The van der Waals surface area contributed by atoms with E-state index in [1.165, 1.54) is 12.8 Å². The lowest BCUT2D eigenvalue weighted by atomic mass is 9.94. The Morgan fingerprint density at radius 3 is 2.95 bits per heavy atom. The molecule has 2 saturated heterocycles. The molecule has 0 unspecified atom stereocenters. The molecule has 0 amide bonds. The Kier molecular flexibility index (Phi) is 3.78. The summed E-state index contributed by atoms with van der Waals surface area (Å²) in [5, 5.41) is 3.61. The molecule has 0 aromatic carbocycles. The zero-order valence-corrected chi connectivity index (χ0v) is 12.6. The molecule has 1 aromatic heterocycles. The summed E-state index contributed by atoms with van der Waals surface area (Å²) in [6, 6.07) is 2.51. The Bertz CT molecular complexity index is 463. The van der Waals surface area contributed by atoms with E-state index in [1.807, 2.05) is 26.8 Å². The molecule has 3 heterocycles. The van der Waals surface area contributed by atoms with Crippen LogP contribution in [-0.4, -0.2) is 41.7 Å². The molecular weight excluding hydrogens is 252 g/mol. The minimum atomic E-state index is 0.139. The molecule has 0 bridgehead atoms. The summed E-state index contributed by atoms with van der Waals surface area (Å²) < 4.78 is 5.72. The number of fused-ring (bicyclic) bond motifs is 1. The summed E-state index contributed by atoms with van der Waals surface area (Å²) in [6.45, 7) is 9.25. The number of piperidine rings is 1. The summed E-state index contributed by atoms with van der Waals surface area (Å²) >= 11 is 0. The van der Waals surface area contributed by atoms with Gasteiger partial charge >= 0.3 is 0 Å². The number of anilines is 1. The lowest BCUT2D eigenvalue weighted by Gasteiger charge is -2.24. The van der Waals surface area contributed by atoms with Crippen molar-refractivity contribution in [1.29, 1.82) is 0 Å². The van der Waals surface area contributed by atoms with Crippen molar-refractivity contribution in [2.75, 3.05) is 24.5 Å². The Morgan fingerprint density at radius 2 is 2.20 bits per heavy atom. The first-order valence-corrected chi connectivity index (χ1v) is 7.62. The zero-order valence-electron chi connectivity index (χ0n) is 12.6. The summed E-state index contributed by atoms with van der Waals surface area (Å²) in [7, 11) is 0. The van der Waals surface area contributed by atoms with Gasteiger partial charge < -0.3 is 15.0 Å². The topological polar surface area (TPSA) is 50.3 Å². The Labute approximate surface area is 120 Å². The van der Waals surface area contributed by atoms with Gasteiger partial charge in [0, 0.05) is 30.9 Å². The Hall–Kier alpha value is -1.36. The van der Waals surface area contributed by atoms with Crippen molar-refractivity contribution in [3.63, 3.8) is 0 Å². The molecule has 2 aliphatic rings. The maximum Gasteiger partial charge on any atom is 0.228 e. The zero-order chi connectivity index (χ0) is 14.1. The lowest BCUT2D eigenvalue weighted by Crippen LogP contribution is -2.40. The number of rotatable bonds is 3. The maximum absolute atomic E-state index is 5.72. The van der Waals surface area contributed by atoms with E-state index in [2.05, 4.69) is 20.2 Å². The van der Waals surface area contributed by atoms with E-state index in [0.717, 1.165) is 37.2 Å². The van der Waals surface area contributed by atoms with Gasteiger partial charge in [0.25, 0.3) is 0 Å². The first-order chi connectivity index (χ1) is 9.61. The van der Waals surface area contributed by atoms with Crippen molar-refractivity contribution >= 4 is 5.95 Å². The molecule has 20 heavy (non-hydrogen) atoms. The predicted molar refractivity (Wildman–Crippen MR) is 79.3 cm³/mol. The van der Waals surface area contributed by atoms with Crippen LogP contribution in [0.5, 0.6) is 5.88 Å². The fourth-order valence-corrected chi connectivity index (χ4v) is 3.18. The molecule has 0 saturated carbocycles. The summed E-state index contributed by atoms with van der Waals surface area (Å²) in [5.74, 6) is 2.24. The quantitative estimate of drug-likeness (QED) is 0.911. The van der Waals surface area contributed by atoms with Crippen molar-refractivity contribution in [2.24, 2.45) is 5.92 Å². The Morgan fingerprint density at radius 1 is 1.35 bits per heavy atom. The third-order valence-electron chi connectivity index (χ3n) is 4.06. The van der Waals surface area contributed by atoms with Gasteiger partial charge in [-0.1, -0.05) is 0 Å². The molecule has 1 aromatic rings. The first-order valence-electron chi connectivity index (χ1n) is 7.62. The average molecular weight is 276 g/mol. The van der Waals surface area contributed by atoms with Crippen molar-refractivity contribution in [3.05, 3.63) is 11.8 Å². The van der Waals surface area contributed by atoms with Crippen LogP contribution >= 0.6 is 0 Å². The van der Waals surface area contributed by atoms with Crippen LogP contribution in [0.25, 0.3) is 0 Å². The number of hydrogen-bond donors (Lipinski definition) is 1. The average Bonchev–Trinajstić information content (AvgIpc) is 2.80. The van der Waals surface area contributed by atoms with Gasteiger partial charge in [-0.15, -0.1) is 0 Å². The molecule has 5 nitrogen and oxygen atoms in total. The fourth-order valence-electron chi connectivity index (χ4n) is 3.18. The molecule has 0 spiro atoms. The van der Waals surface area contributed by atoms with Crippen molar-refractivity contribution < 1.29 is 4.74 Å². The van der Waals surface area contributed by atoms with Crippen molar-refractivity contribution in [3.8, 4) is 5.88 Å². The van der Waals surface area contributed by atoms with Crippen LogP contribution in [-0.2, 0) is 0 Å². The Balaban J connectivity index is 1.78. The molecule has 2 atom stereocenters. The smallest absolute Gasteiger partial charge is 0.228 e. The van der Waals surface area contributed by atoms with E-state index >= 15 is 0 Å². The van der Waals surface area contributed by atoms with Crippen LogP contribution in [0, 0.1) is 12.8 Å². The highest BCUT2D eigenvalue weighted by Crippen LogP contribution is 2.28. The molecule has 3 rings (SSSR count). The molecule has 0 aliphatic carbocycles. The van der Waals surface area contributed by atoms with Crippen molar-refractivity contribution in [1.82, 2.24) is 15.3 Å². The standard InChI is InChI=1S/C15H24N4O/c1-10(2)20-14-7-11(3)17-15(18-14)19-8-12-5-4-6-16-13(12)9-19/h7,10,12-13,16H,4-6,8-9H2,1-3H3/t12-,13+/m0/s1. The monoisotopic (exact) mass is 276 g/mol. The van der Waals surface area contributed by atoms with E-state index in [4.69, 9.17) is 4.74 Å². The number of nitrogens with zero attached hydrogens (tertiary/aromatic N) is 3. The third-order valence-corrected chi connectivity index (χ3v) is 4.06. The van der Waals surface area contributed by atoms with Gasteiger partial charge in [0.2, 0.25) is 11.8 Å². The third kappa shape index (κ3) is 2.87. The van der Waals surface area contributed by atoms with Crippen LogP contribution in [0.3, 0.4) is 0 Å². The lowest BCUT2D eigenvalue weighted by molar-refractivity contribution is 0.232. The first kappa shape index (κ1) is 13.6.